The Morgan fingerprint density at radius 2 is 1.46 bits per heavy atom. The molecule has 0 unspecified atom stereocenters. The summed E-state index contributed by atoms with van der Waals surface area (Å²) in [4.78, 5) is 28.1. The quantitative estimate of drug-likeness (QED) is 0.142. The van der Waals surface area contributed by atoms with Crippen LogP contribution in [0.2, 0.25) is 0 Å². The minimum absolute atomic E-state index is 0. The van der Waals surface area contributed by atoms with Gasteiger partial charge in [0.2, 0.25) is 0 Å². The zero-order chi connectivity index (χ0) is 17.2. The van der Waals surface area contributed by atoms with Crippen LogP contribution in [0.5, 0.6) is 0 Å². The molecule has 4 nitrogen and oxygen atoms in total. The first-order chi connectivity index (χ1) is 11.2. The Kier molecular flexibility index (Phi) is 24.7. The van der Waals surface area contributed by atoms with Crippen molar-refractivity contribution in [3.05, 3.63) is 24.3 Å². The van der Waals surface area contributed by atoms with Crippen molar-refractivity contribution in [2.45, 2.75) is 84.0 Å². The Morgan fingerprint density at radius 3 is 2.04 bits per heavy atom. The van der Waals surface area contributed by atoms with Crippen molar-refractivity contribution in [2.75, 3.05) is 0 Å². The fraction of sp³-hybridized carbons (Fsp3) is 0.722. The van der Waals surface area contributed by atoms with Crippen LogP contribution in [0.1, 0.15) is 86.8 Å². The molecule has 0 fully saturated rings. The molecule has 0 aliphatic carbocycles. The van der Waals surface area contributed by atoms with Crippen molar-refractivity contribution in [1.82, 2.24) is 0 Å². The zero-order valence-electron chi connectivity index (χ0n) is 17.2. The van der Waals surface area contributed by atoms with E-state index in [9.17, 15) is 4.79 Å². The van der Waals surface area contributed by atoms with Crippen LogP contribution in [0.4, 0.5) is 0 Å². The fourth-order valence-electron chi connectivity index (χ4n) is 2.22. The number of unbranched alkanes of at least 4 members (excludes halogenated alkanes) is 8. The van der Waals surface area contributed by atoms with Gasteiger partial charge >= 0.3 is 63.5 Å². The minimum atomic E-state index is -2.55. The summed E-state index contributed by atoms with van der Waals surface area (Å²) >= 11 is 0. The summed E-state index contributed by atoms with van der Waals surface area (Å²) in [6.45, 7) is 2.23. The number of hydrogen-bond donors (Lipinski definition) is 2. The van der Waals surface area contributed by atoms with Crippen LogP contribution in [0.15, 0.2) is 24.3 Å². The van der Waals surface area contributed by atoms with E-state index in [1.807, 2.05) is 0 Å². The molecule has 0 radical (unpaired) electrons. The molecule has 0 aromatic carbocycles. The van der Waals surface area contributed by atoms with E-state index in [-0.39, 0.29) is 58.2 Å². The number of carbonyl (C=O) groups excluding carboxylic acids is 1. The molecular formula is C18H35BaO4P. The molecule has 0 aliphatic heterocycles. The maximum Gasteiger partial charge on any atom is 2.00 e. The van der Waals surface area contributed by atoms with Crippen molar-refractivity contribution in [3.8, 4) is 0 Å². The molecule has 0 bridgehead atoms. The fourth-order valence-corrected chi connectivity index (χ4v) is 2.49. The summed E-state index contributed by atoms with van der Waals surface area (Å²) in [5.74, 6) is -0.521. The van der Waals surface area contributed by atoms with Gasteiger partial charge in [-0.05, 0) is 38.5 Å². The average Bonchev–Trinajstić information content (AvgIpc) is 2.50. The second kappa shape index (κ2) is 21.9. The maximum absolute atomic E-state index is 11.0. The summed E-state index contributed by atoms with van der Waals surface area (Å²) in [6.07, 6.45) is 21.7. The standard InChI is InChI=1S/C18H33O4P.Ba.2H/c1-2-3-4-5-6-7-8-9-10-11-12-13-14-15-16-17-18(19)22-23(20)21;;;/h6-7,9-10,20-21H,2-5,8,11-17H2,1H3;;;/q;+2;2*-1/b7-6-,10-9-;;;. The summed E-state index contributed by atoms with van der Waals surface area (Å²) in [7, 11) is -2.55. The Hall–Kier alpha value is 0.871. The third-order valence-electron chi connectivity index (χ3n) is 3.52. The predicted molar refractivity (Wildman–Crippen MR) is 105 cm³/mol. The Bertz CT molecular complexity index is 343. The van der Waals surface area contributed by atoms with Gasteiger partial charge in [0.25, 0.3) is 0 Å². The number of rotatable bonds is 15. The summed E-state index contributed by atoms with van der Waals surface area (Å²) in [6, 6.07) is 0. The van der Waals surface area contributed by atoms with Crippen LogP contribution < -0.4 is 0 Å². The topological polar surface area (TPSA) is 66.8 Å². The van der Waals surface area contributed by atoms with Gasteiger partial charge in [-0.25, -0.2) is 0 Å². The van der Waals surface area contributed by atoms with Gasteiger partial charge in [-0.2, -0.15) is 0 Å². The van der Waals surface area contributed by atoms with E-state index in [0.29, 0.717) is 0 Å². The van der Waals surface area contributed by atoms with E-state index >= 15 is 0 Å². The molecule has 24 heavy (non-hydrogen) atoms. The van der Waals surface area contributed by atoms with E-state index < -0.39 is 14.6 Å². The number of allylic oxidation sites excluding steroid dienone is 4. The molecule has 0 aromatic rings. The predicted octanol–water partition coefficient (Wildman–Crippen LogP) is 5.40. The molecule has 0 saturated heterocycles. The number of carbonyl (C=O) groups is 1. The van der Waals surface area contributed by atoms with Crippen molar-refractivity contribution in [2.24, 2.45) is 0 Å². The van der Waals surface area contributed by atoms with Crippen LogP contribution in [-0.4, -0.2) is 64.6 Å². The van der Waals surface area contributed by atoms with Crippen molar-refractivity contribution in [3.63, 3.8) is 0 Å². The van der Waals surface area contributed by atoms with Crippen LogP contribution in [0.3, 0.4) is 0 Å². The third kappa shape index (κ3) is 22.9. The van der Waals surface area contributed by atoms with Gasteiger partial charge in [0.05, 0.1) is 0 Å². The zero-order valence-corrected chi connectivity index (χ0v) is 20.5. The molecular weight excluding hydrogens is 448 g/mol. The molecule has 6 heteroatoms. The van der Waals surface area contributed by atoms with E-state index in [4.69, 9.17) is 9.79 Å². The Labute approximate surface area is 192 Å². The summed E-state index contributed by atoms with van der Waals surface area (Å²) < 4.78 is 4.29. The molecule has 0 spiro atoms. The van der Waals surface area contributed by atoms with Crippen LogP contribution in [-0.2, 0) is 9.32 Å². The second-order valence-corrected chi connectivity index (χ2v) is 6.38. The van der Waals surface area contributed by atoms with Crippen LogP contribution in [0.25, 0.3) is 0 Å². The van der Waals surface area contributed by atoms with Crippen molar-refractivity contribution < 1.29 is 22.0 Å². The maximum atomic E-state index is 11.0. The first kappa shape index (κ1) is 27.1. The summed E-state index contributed by atoms with van der Waals surface area (Å²) in [5.41, 5.74) is 0. The first-order valence-electron chi connectivity index (χ1n) is 8.85. The molecule has 0 saturated carbocycles. The minimum Gasteiger partial charge on any atom is -1.00 e. The van der Waals surface area contributed by atoms with E-state index in [1.165, 1.54) is 38.5 Å². The largest absolute Gasteiger partial charge is 2.00 e. The molecule has 0 rings (SSSR count). The van der Waals surface area contributed by atoms with Gasteiger partial charge in [0.15, 0.2) is 0 Å². The van der Waals surface area contributed by atoms with Crippen molar-refractivity contribution >= 4 is 63.5 Å². The Morgan fingerprint density at radius 1 is 0.917 bits per heavy atom. The van der Waals surface area contributed by atoms with E-state index in [1.54, 1.807) is 0 Å². The third-order valence-corrected chi connectivity index (χ3v) is 3.88. The smallest absolute Gasteiger partial charge is 1.00 e. The van der Waals surface area contributed by atoms with Gasteiger partial charge in [0, 0.05) is 6.42 Å². The first-order valence-corrected chi connectivity index (χ1v) is 10.0. The van der Waals surface area contributed by atoms with Gasteiger partial charge in [-0.3, -0.25) is 4.79 Å². The van der Waals surface area contributed by atoms with Crippen molar-refractivity contribution in [1.29, 1.82) is 0 Å². The average molecular weight is 484 g/mol. The van der Waals surface area contributed by atoms with Gasteiger partial charge in [-0.1, -0.05) is 63.3 Å². The van der Waals surface area contributed by atoms with Gasteiger partial charge in [0.1, 0.15) is 0 Å². The van der Waals surface area contributed by atoms with Crippen LogP contribution >= 0.6 is 8.60 Å². The monoisotopic (exact) mass is 484 g/mol. The van der Waals surface area contributed by atoms with E-state index in [2.05, 4.69) is 35.8 Å². The molecule has 0 heterocycles. The molecule has 138 valence electrons. The molecule has 0 aliphatic rings. The SMILES string of the molecule is CCCCC/C=C\C/C=C\CCCCCCCC(=O)OP(O)O.[Ba+2].[H-].[H-]. The second-order valence-electron chi connectivity index (χ2n) is 5.70. The van der Waals surface area contributed by atoms with Gasteiger partial charge in [-0.15, -0.1) is 0 Å². The number of hydrogen-bond acceptors (Lipinski definition) is 4. The molecule has 2 N–H and O–H groups in total. The van der Waals surface area contributed by atoms with Crippen LogP contribution in [0, 0.1) is 0 Å². The molecule has 0 aromatic heterocycles. The normalized spacial score (nSPS) is 11.3. The molecule has 0 atom stereocenters. The van der Waals surface area contributed by atoms with Gasteiger partial charge < -0.3 is 17.2 Å². The summed E-state index contributed by atoms with van der Waals surface area (Å²) in [5, 5.41) is 0. The Balaban J connectivity index is -0.000000807. The molecule has 0 amide bonds. The van der Waals surface area contributed by atoms with E-state index in [0.717, 1.165) is 32.1 Å².